The first kappa shape index (κ1) is 12.8. The maximum atomic E-state index is 8.91. The Morgan fingerprint density at radius 1 is 1.61 bits per heavy atom. The number of piperidine rings is 1. The summed E-state index contributed by atoms with van der Waals surface area (Å²) in [6, 6.07) is 4.16. The number of nitrogens with one attached hydrogen (secondary N) is 1. The van der Waals surface area contributed by atoms with Crippen molar-refractivity contribution in [3.05, 3.63) is 18.0 Å². The number of hydrogen-bond acceptors (Lipinski definition) is 5. The minimum atomic E-state index is 0.435. The van der Waals surface area contributed by atoms with Gasteiger partial charge in [0.15, 0.2) is 0 Å². The van der Waals surface area contributed by atoms with Crippen molar-refractivity contribution in [2.75, 3.05) is 24.5 Å². The van der Waals surface area contributed by atoms with Crippen LogP contribution in [-0.2, 0) is 0 Å². The second kappa shape index (κ2) is 6.31. The molecule has 1 aliphatic heterocycles. The summed E-state index contributed by atoms with van der Waals surface area (Å²) in [7, 11) is 0. The first-order chi connectivity index (χ1) is 8.85. The Hall–Kier alpha value is -1.67. The Bertz CT molecular complexity index is 420. The van der Waals surface area contributed by atoms with Crippen LogP contribution < -0.4 is 10.2 Å². The molecule has 1 fully saturated rings. The lowest BCUT2D eigenvalue weighted by Gasteiger charge is -2.34. The molecule has 0 bridgehead atoms. The zero-order valence-electron chi connectivity index (χ0n) is 10.8. The fourth-order valence-electron chi connectivity index (χ4n) is 2.34. The van der Waals surface area contributed by atoms with E-state index >= 15 is 0 Å². The van der Waals surface area contributed by atoms with E-state index < -0.39 is 0 Å². The first-order valence-corrected chi connectivity index (χ1v) is 6.55. The number of anilines is 1. The summed E-state index contributed by atoms with van der Waals surface area (Å²) in [6.07, 6.45) is 5.06. The smallest absolute Gasteiger partial charge is 0.226 e. The summed E-state index contributed by atoms with van der Waals surface area (Å²) >= 11 is 0. The first-order valence-electron chi connectivity index (χ1n) is 6.55. The Kier molecular flexibility index (Phi) is 4.48. The van der Waals surface area contributed by atoms with Crippen LogP contribution in [0.2, 0.25) is 0 Å². The Morgan fingerprint density at radius 2 is 2.50 bits per heavy atom. The van der Waals surface area contributed by atoms with Crippen molar-refractivity contribution in [1.29, 1.82) is 5.26 Å². The van der Waals surface area contributed by atoms with Gasteiger partial charge in [-0.05, 0) is 31.9 Å². The molecule has 1 unspecified atom stereocenters. The van der Waals surface area contributed by atoms with Crippen molar-refractivity contribution >= 4 is 5.95 Å². The molecule has 0 spiro atoms. The average Bonchev–Trinajstić information content (AvgIpc) is 2.46. The Balaban J connectivity index is 2.19. The molecule has 5 nitrogen and oxygen atoms in total. The van der Waals surface area contributed by atoms with Crippen LogP contribution in [0.3, 0.4) is 0 Å². The van der Waals surface area contributed by atoms with E-state index in [2.05, 4.69) is 33.2 Å². The van der Waals surface area contributed by atoms with E-state index in [0.29, 0.717) is 17.7 Å². The van der Waals surface area contributed by atoms with Crippen molar-refractivity contribution in [2.24, 2.45) is 0 Å². The summed E-state index contributed by atoms with van der Waals surface area (Å²) in [4.78, 5) is 10.9. The van der Waals surface area contributed by atoms with Crippen LogP contribution in [0.15, 0.2) is 12.3 Å². The predicted octanol–water partition coefficient (Wildman–Crippen LogP) is 1.32. The molecule has 1 aromatic heterocycles. The van der Waals surface area contributed by atoms with Crippen molar-refractivity contribution in [3.63, 3.8) is 0 Å². The molecule has 0 aliphatic carbocycles. The predicted molar refractivity (Wildman–Crippen MR) is 70.3 cm³/mol. The topological polar surface area (TPSA) is 64.8 Å². The molecule has 0 saturated carbocycles. The number of nitriles is 1. The van der Waals surface area contributed by atoms with Crippen molar-refractivity contribution in [2.45, 2.75) is 32.2 Å². The van der Waals surface area contributed by atoms with Gasteiger partial charge in [0.25, 0.3) is 0 Å². The van der Waals surface area contributed by atoms with E-state index in [9.17, 15) is 0 Å². The Morgan fingerprint density at radius 3 is 3.17 bits per heavy atom. The fourth-order valence-corrected chi connectivity index (χ4v) is 2.34. The highest BCUT2D eigenvalue weighted by molar-refractivity contribution is 5.35. The van der Waals surface area contributed by atoms with Crippen LogP contribution in [0.1, 0.15) is 31.9 Å². The maximum Gasteiger partial charge on any atom is 0.226 e. The van der Waals surface area contributed by atoms with Gasteiger partial charge in [-0.2, -0.15) is 5.26 Å². The molecule has 1 saturated heterocycles. The quantitative estimate of drug-likeness (QED) is 0.866. The zero-order chi connectivity index (χ0) is 12.8. The minimum Gasteiger partial charge on any atom is -0.337 e. The monoisotopic (exact) mass is 245 g/mol. The number of nitrogens with zero attached hydrogens (tertiary/aromatic N) is 4. The SMILES string of the molecule is CCCN(c1nccc(C#N)n1)C1CCCNC1. The van der Waals surface area contributed by atoms with Crippen LogP contribution in [0, 0.1) is 11.3 Å². The molecule has 0 radical (unpaired) electrons. The molecule has 96 valence electrons. The van der Waals surface area contributed by atoms with Gasteiger partial charge in [-0.3, -0.25) is 0 Å². The van der Waals surface area contributed by atoms with Crippen molar-refractivity contribution in [3.8, 4) is 6.07 Å². The third-order valence-electron chi connectivity index (χ3n) is 3.19. The molecule has 5 heteroatoms. The van der Waals surface area contributed by atoms with Gasteiger partial charge in [0.2, 0.25) is 5.95 Å². The van der Waals surface area contributed by atoms with Gasteiger partial charge in [-0.1, -0.05) is 6.92 Å². The lowest BCUT2D eigenvalue weighted by atomic mass is 10.1. The van der Waals surface area contributed by atoms with E-state index in [4.69, 9.17) is 5.26 Å². The third kappa shape index (κ3) is 2.96. The summed E-state index contributed by atoms with van der Waals surface area (Å²) in [5.74, 6) is 0.685. The summed E-state index contributed by atoms with van der Waals surface area (Å²) < 4.78 is 0. The fraction of sp³-hybridized carbons (Fsp3) is 0.615. The van der Waals surface area contributed by atoms with E-state index in [1.165, 1.54) is 6.42 Å². The molecule has 0 aromatic carbocycles. The average molecular weight is 245 g/mol. The molecule has 1 aromatic rings. The van der Waals surface area contributed by atoms with Crippen LogP contribution in [0.4, 0.5) is 5.95 Å². The van der Waals surface area contributed by atoms with E-state index in [0.717, 1.165) is 32.5 Å². The third-order valence-corrected chi connectivity index (χ3v) is 3.19. The van der Waals surface area contributed by atoms with Gasteiger partial charge in [0.1, 0.15) is 11.8 Å². The van der Waals surface area contributed by atoms with E-state index in [1.54, 1.807) is 12.3 Å². The van der Waals surface area contributed by atoms with Crippen molar-refractivity contribution < 1.29 is 0 Å². The second-order valence-corrected chi connectivity index (χ2v) is 4.55. The molecule has 1 atom stereocenters. The van der Waals surface area contributed by atoms with Gasteiger partial charge in [-0.25, -0.2) is 9.97 Å². The van der Waals surface area contributed by atoms with Gasteiger partial charge in [-0.15, -0.1) is 0 Å². The second-order valence-electron chi connectivity index (χ2n) is 4.55. The van der Waals surface area contributed by atoms with Gasteiger partial charge >= 0.3 is 0 Å². The highest BCUT2D eigenvalue weighted by Gasteiger charge is 2.22. The number of aromatic nitrogens is 2. The normalized spacial score (nSPS) is 19.2. The lowest BCUT2D eigenvalue weighted by Crippen LogP contribution is -2.47. The van der Waals surface area contributed by atoms with Gasteiger partial charge in [0.05, 0.1) is 0 Å². The van der Waals surface area contributed by atoms with Crippen LogP contribution in [-0.4, -0.2) is 35.6 Å². The molecule has 1 aliphatic rings. The van der Waals surface area contributed by atoms with Crippen LogP contribution in [0.5, 0.6) is 0 Å². The molecule has 18 heavy (non-hydrogen) atoms. The van der Waals surface area contributed by atoms with Crippen LogP contribution in [0.25, 0.3) is 0 Å². The maximum absolute atomic E-state index is 8.91. The molecule has 2 rings (SSSR count). The minimum absolute atomic E-state index is 0.435. The molecule has 0 amide bonds. The summed E-state index contributed by atoms with van der Waals surface area (Å²) in [6.45, 7) is 5.15. The summed E-state index contributed by atoms with van der Waals surface area (Å²) in [5.41, 5.74) is 0.435. The van der Waals surface area contributed by atoms with Crippen molar-refractivity contribution in [1.82, 2.24) is 15.3 Å². The lowest BCUT2D eigenvalue weighted by molar-refractivity contribution is 0.426. The highest BCUT2D eigenvalue weighted by atomic mass is 15.3. The van der Waals surface area contributed by atoms with Crippen LogP contribution >= 0.6 is 0 Å². The van der Waals surface area contributed by atoms with Gasteiger partial charge < -0.3 is 10.2 Å². The Labute approximate surface area is 108 Å². The van der Waals surface area contributed by atoms with Gasteiger partial charge in [0, 0.05) is 25.3 Å². The standard InChI is InChI=1S/C13H19N5/c1-2-8-18(12-4-3-6-15-10-12)13-16-7-5-11(9-14)17-13/h5,7,12,15H,2-4,6,8,10H2,1H3. The number of hydrogen-bond donors (Lipinski definition) is 1. The highest BCUT2D eigenvalue weighted by Crippen LogP contribution is 2.17. The molecular weight excluding hydrogens is 226 g/mol. The molecule has 2 heterocycles. The van der Waals surface area contributed by atoms with E-state index in [1.807, 2.05) is 0 Å². The zero-order valence-corrected chi connectivity index (χ0v) is 10.8. The largest absolute Gasteiger partial charge is 0.337 e. The summed E-state index contributed by atoms with van der Waals surface area (Å²) in [5, 5.41) is 12.3. The molecule has 1 N–H and O–H groups in total. The number of rotatable bonds is 4. The molecular formula is C13H19N5. The van der Waals surface area contributed by atoms with E-state index in [-0.39, 0.29) is 0 Å².